The van der Waals surface area contributed by atoms with Crippen molar-refractivity contribution in [2.75, 3.05) is 6.54 Å². The van der Waals surface area contributed by atoms with Gasteiger partial charge in [-0.05, 0) is 44.6 Å². The Labute approximate surface area is 147 Å². The van der Waals surface area contributed by atoms with Gasteiger partial charge < -0.3 is 9.64 Å². The Balaban J connectivity index is 2.09. The molecule has 132 valence electrons. The van der Waals surface area contributed by atoms with E-state index < -0.39 is 11.6 Å². The molecule has 0 saturated carbocycles. The molecule has 5 heteroatoms. The Morgan fingerprint density at radius 1 is 1.44 bits per heavy atom. The fourth-order valence-corrected chi connectivity index (χ4v) is 2.45. The molecule has 0 amide bonds. The molecule has 0 aromatic carbocycles. The quantitative estimate of drug-likeness (QED) is 0.678. The number of hydrogen-bond donors (Lipinski definition) is 0. The van der Waals surface area contributed by atoms with Gasteiger partial charge in [0, 0.05) is 24.0 Å². The van der Waals surface area contributed by atoms with Gasteiger partial charge in [0.2, 0.25) is 0 Å². The average Bonchev–Trinajstić information content (AvgIpc) is 2.59. The SMILES string of the molecule is C=C/C=C(\C(C)=C/C)N1CC=C(OCc2ncc(F)cc2F)C=C1C. The molecule has 1 aromatic heterocycles. The van der Waals surface area contributed by atoms with Crippen molar-refractivity contribution in [2.45, 2.75) is 27.4 Å². The maximum Gasteiger partial charge on any atom is 0.151 e. The molecule has 1 aliphatic heterocycles. The molecule has 2 heterocycles. The summed E-state index contributed by atoms with van der Waals surface area (Å²) in [7, 11) is 0. The molecule has 1 aliphatic rings. The predicted molar refractivity (Wildman–Crippen MR) is 95.2 cm³/mol. The fourth-order valence-electron chi connectivity index (χ4n) is 2.45. The van der Waals surface area contributed by atoms with E-state index in [9.17, 15) is 8.78 Å². The number of ether oxygens (including phenoxy) is 1. The predicted octanol–water partition coefficient (Wildman–Crippen LogP) is 5.02. The second-order valence-electron chi connectivity index (χ2n) is 5.63. The first kappa shape index (κ1) is 18.6. The highest BCUT2D eigenvalue weighted by Gasteiger charge is 2.16. The van der Waals surface area contributed by atoms with E-state index in [1.54, 1.807) is 6.08 Å². The normalized spacial score (nSPS) is 15.6. The minimum atomic E-state index is -0.710. The smallest absolute Gasteiger partial charge is 0.151 e. The van der Waals surface area contributed by atoms with E-state index >= 15 is 0 Å². The number of pyridine rings is 1. The molecule has 25 heavy (non-hydrogen) atoms. The number of allylic oxidation sites excluding steroid dienone is 6. The van der Waals surface area contributed by atoms with Crippen LogP contribution in [0.5, 0.6) is 0 Å². The summed E-state index contributed by atoms with van der Waals surface area (Å²) in [6.45, 7) is 10.4. The van der Waals surface area contributed by atoms with Crippen molar-refractivity contribution >= 4 is 0 Å². The monoisotopic (exact) mass is 344 g/mol. The summed E-state index contributed by atoms with van der Waals surface area (Å²) in [6.07, 6.45) is 10.5. The maximum atomic E-state index is 13.6. The van der Waals surface area contributed by atoms with E-state index in [1.807, 2.05) is 45.1 Å². The van der Waals surface area contributed by atoms with Crippen molar-refractivity contribution in [3.8, 4) is 0 Å². The first-order valence-electron chi connectivity index (χ1n) is 8.01. The highest BCUT2D eigenvalue weighted by atomic mass is 19.1. The molecular formula is C20H22F2N2O. The van der Waals surface area contributed by atoms with Crippen LogP contribution >= 0.6 is 0 Å². The van der Waals surface area contributed by atoms with Gasteiger partial charge in [-0.1, -0.05) is 18.7 Å². The molecule has 0 fully saturated rings. The fraction of sp³-hybridized carbons (Fsp3) is 0.250. The van der Waals surface area contributed by atoms with Gasteiger partial charge in [-0.3, -0.25) is 4.98 Å². The molecule has 0 radical (unpaired) electrons. The largest absolute Gasteiger partial charge is 0.487 e. The van der Waals surface area contributed by atoms with Gasteiger partial charge in [0.15, 0.2) is 5.82 Å². The van der Waals surface area contributed by atoms with E-state index in [2.05, 4.69) is 16.5 Å². The first-order valence-corrected chi connectivity index (χ1v) is 8.01. The number of aromatic nitrogens is 1. The van der Waals surface area contributed by atoms with Crippen molar-refractivity contribution in [1.82, 2.24) is 9.88 Å². The molecule has 0 N–H and O–H groups in total. The van der Waals surface area contributed by atoms with Gasteiger partial charge in [-0.25, -0.2) is 8.78 Å². The van der Waals surface area contributed by atoms with E-state index in [4.69, 9.17) is 4.74 Å². The van der Waals surface area contributed by atoms with Crippen LogP contribution in [0.4, 0.5) is 8.78 Å². The van der Waals surface area contributed by atoms with E-state index in [0.29, 0.717) is 12.3 Å². The Hall–Kier alpha value is -2.69. The van der Waals surface area contributed by atoms with Gasteiger partial charge in [0.05, 0.1) is 6.20 Å². The molecular weight excluding hydrogens is 322 g/mol. The van der Waals surface area contributed by atoms with E-state index in [-0.39, 0.29) is 12.3 Å². The molecule has 2 rings (SSSR count). The Morgan fingerprint density at radius 2 is 2.20 bits per heavy atom. The second kappa shape index (κ2) is 8.42. The number of rotatable bonds is 6. The van der Waals surface area contributed by atoms with Crippen molar-refractivity contribution in [3.63, 3.8) is 0 Å². The zero-order valence-electron chi connectivity index (χ0n) is 14.7. The third-order valence-corrected chi connectivity index (χ3v) is 3.92. The van der Waals surface area contributed by atoms with Crippen LogP contribution in [0.3, 0.4) is 0 Å². The summed E-state index contributed by atoms with van der Waals surface area (Å²) in [5.41, 5.74) is 3.28. The van der Waals surface area contributed by atoms with Crippen LogP contribution in [-0.2, 0) is 11.3 Å². The first-order chi connectivity index (χ1) is 12.0. The second-order valence-corrected chi connectivity index (χ2v) is 5.63. The van der Waals surface area contributed by atoms with Crippen LogP contribution < -0.4 is 0 Å². The minimum Gasteiger partial charge on any atom is -0.487 e. The molecule has 0 aliphatic carbocycles. The Morgan fingerprint density at radius 3 is 2.80 bits per heavy atom. The summed E-state index contributed by atoms with van der Waals surface area (Å²) >= 11 is 0. The highest BCUT2D eigenvalue weighted by Crippen LogP contribution is 2.25. The average molecular weight is 344 g/mol. The summed E-state index contributed by atoms with van der Waals surface area (Å²) in [6, 6.07) is 0.802. The highest BCUT2D eigenvalue weighted by molar-refractivity contribution is 5.37. The Kier molecular flexibility index (Phi) is 6.28. The Bertz CT molecular complexity index is 776. The summed E-state index contributed by atoms with van der Waals surface area (Å²) < 4.78 is 32.1. The molecule has 3 nitrogen and oxygen atoms in total. The third kappa shape index (κ3) is 4.66. The van der Waals surface area contributed by atoms with Crippen LogP contribution in [0.1, 0.15) is 26.5 Å². The van der Waals surface area contributed by atoms with Crippen LogP contribution in [0.2, 0.25) is 0 Å². The molecule has 0 atom stereocenters. The number of nitrogens with zero attached hydrogens (tertiary/aromatic N) is 2. The lowest BCUT2D eigenvalue weighted by Gasteiger charge is -2.30. The molecule has 0 unspecified atom stereocenters. The van der Waals surface area contributed by atoms with Gasteiger partial charge in [-0.2, -0.15) is 0 Å². The van der Waals surface area contributed by atoms with Crippen molar-refractivity contribution < 1.29 is 13.5 Å². The standard InChI is InChI=1S/C20H22F2N2O/c1-5-7-20(14(3)6-2)24-9-8-17(10-15(24)4)25-13-19-18(22)11-16(21)12-23-19/h5-8,10-12H,1,9,13H2,2-4H3/b14-6-,20-7+. The third-order valence-electron chi connectivity index (χ3n) is 3.92. The van der Waals surface area contributed by atoms with Crippen LogP contribution in [-0.4, -0.2) is 16.4 Å². The van der Waals surface area contributed by atoms with E-state index in [1.165, 1.54) is 0 Å². The zero-order chi connectivity index (χ0) is 18.4. The van der Waals surface area contributed by atoms with Gasteiger partial charge in [0.25, 0.3) is 0 Å². The van der Waals surface area contributed by atoms with Crippen molar-refractivity contribution in [2.24, 2.45) is 0 Å². The van der Waals surface area contributed by atoms with Gasteiger partial charge >= 0.3 is 0 Å². The molecule has 0 bridgehead atoms. The topological polar surface area (TPSA) is 25.4 Å². The van der Waals surface area contributed by atoms with E-state index in [0.717, 1.165) is 29.2 Å². The summed E-state index contributed by atoms with van der Waals surface area (Å²) in [5.74, 6) is -0.778. The number of hydrogen-bond acceptors (Lipinski definition) is 3. The zero-order valence-corrected chi connectivity index (χ0v) is 14.7. The lowest BCUT2D eigenvalue weighted by molar-refractivity contribution is 0.197. The maximum absolute atomic E-state index is 13.6. The van der Waals surface area contributed by atoms with Gasteiger partial charge in [0.1, 0.15) is 23.9 Å². The molecule has 0 spiro atoms. The van der Waals surface area contributed by atoms with Crippen molar-refractivity contribution in [1.29, 1.82) is 0 Å². The van der Waals surface area contributed by atoms with Crippen molar-refractivity contribution in [3.05, 3.63) is 89.3 Å². The molecule has 0 saturated heterocycles. The van der Waals surface area contributed by atoms with Crippen LogP contribution in [0, 0.1) is 11.6 Å². The number of halogens is 2. The summed E-state index contributed by atoms with van der Waals surface area (Å²) in [5, 5.41) is 0. The van der Waals surface area contributed by atoms with Gasteiger partial charge in [-0.15, -0.1) is 0 Å². The lowest BCUT2D eigenvalue weighted by atomic mass is 10.1. The van der Waals surface area contributed by atoms with Crippen LogP contribution in [0.15, 0.2) is 71.9 Å². The minimum absolute atomic E-state index is 0.0506. The molecule has 1 aromatic rings. The summed E-state index contributed by atoms with van der Waals surface area (Å²) in [4.78, 5) is 5.86. The van der Waals surface area contributed by atoms with Crippen LogP contribution in [0.25, 0.3) is 0 Å². The lowest BCUT2D eigenvalue weighted by Crippen LogP contribution is -2.25.